The molecule has 1 saturated heterocycles. The van der Waals surface area contributed by atoms with Crippen molar-refractivity contribution in [1.29, 1.82) is 5.26 Å². The lowest BCUT2D eigenvalue weighted by atomic mass is 10.0. The zero-order valence-corrected chi connectivity index (χ0v) is 10.0. The summed E-state index contributed by atoms with van der Waals surface area (Å²) in [4.78, 5) is 12.4. The highest BCUT2D eigenvalue weighted by molar-refractivity contribution is 5.67. The van der Waals surface area contributed by atoms with Crippen molar-refractivity contribution < 1.29 is 9.66 Å². The second-order valence-electron chi connectivity index (χ2n) is 4.07. The van der Waals surface area contributed by atoms with E-state index in [4.69, 9.17) is 4.74 Å². The van der Waals surface area contributed by atoms with Crippen LogP contribution in [0, 0.1) is 28.4 Å². The van der Waals surface area contributed by atoms with Crippen LogP contribution >= 0.6 is 0 Å². The number of ether oxygens (including phenoxy) is 1. The lowest BCUT2D eigenvalue weighted by Crippen LogP contribution is -2.36. The van der Waals surface area contributed by atoms with E-state index in [0.29, 0.717) is 37.4 Å². The molecule has 0 bridgehead atoms. The number of anilines is 1. The highest BCUT2D eigenvalue weighted by Crippen LogP contribution is 2.30. The summed E-state index contributed by atoms with van der Waals surface area (Å²) >= 11 is 0. The smallest absolute Gasteiger partial charge is 0.273 e. The molecule has 0 N–H and O–H groups in total. The van der Waals surface area contributed by atoms with Gasteiger partial charge < -0.3 is 9.64 Å². The Morgan fingerprint density at radius 3 is 2.67 bits per heavy atom. The first-order valence-corrected chi connectivity index (χ1v) is 5.66. The van der Waals surface area contributed by atoms with E-state index in [1.807, 2.05) is 4.90 Å². The quantitative estimate of drug-likeness (QED) is 0.586. The summed E-state index contributed by atoms with van der Waals surface area (Å²) in [5.41, 5.74) is 1.55. The number of hydrogen-bond donors (Lipinski definition) is 0. The minimum absolute atomic E-state index is 0.0106. The Bertz CT molecular complexity index is 516. The van der Waals surface area contributed by atoms with Gasteiger partial charge in [0.2, 0.25) is 0 Å². The van der Waals surface area contributed by atoms with Gasteiger partial charge in [-0.3, -0.25) is 10.1 Å². The van der Waals surface area contributed by atoms with E-state index in [1.165, 1.54) is 6.07 Å². The van der Waals surface area contributed by atoms with Crippen LogP contribution in [0.2, 0.25) is 0 Å². The van der Waals surface area contributed by atoms with Crippen molar-refractivity contribution in [2.45, 2.75) is 6.92 Å². The molecule has 1 aliphatic rings. The fourth-order valence-corrected chi connectivity index (χ4v) is 2.09. The fraction of sp³-hybridized carbons (Fsp3) is 0.417. The van der Waals surface area contributed by atoms with Crippen LogP contribution in [0.4, 0.5) is 11.4 Å². The Balaban J connectivity index is 2.46. The van der Waals surface area contributed by atoms with E-state index in [1.54, 1.807) is 13.0 Å². The van der Waals surface area contributed by atoms with Gasteiger partial charge in [-0.15, -0.1) is 0 Å². The molecule has 6 heteroatoms. The topological polar surface area (TPSA) is 79.4 Å². The molecule has 94 valence electrons. The largest absolute Gasteiger partial charge is 0.378 e. The second kappa shape index (κ2) is 5.02. The van der Waals surface area contributed by atoms with Gasteiger partial charge in [-0.1, -0.05) is 0 Å². The normalized spacial score (nSPS) is 15.2. The Morgan fingerprint density at radius 1 is 1.44 bits per heavy atom. The van der Waals surface area contributed by atoms with Gasteiger partial charge in [0.05, 0.1) is 29.4 Å². The molecule has 0 atom stereocenters. The predicted octanol–water partition coefficient (Wildman–Crippen LogP) is 1.61. The zero-order valence-electron chi connectivity index (χ0n) is 10.0. The lowest BCUT2D eigenvalue weighted by Gasteiger charge is -2.29. The summed E-state index contributed by atoms with van der Waals surface area (Å²) in [6.07, 6.45) is 0. The minimum Gasteiger partial charge on any atom is -0.378 e. The third kappa shape index (κ3) is 2.13. The van der Waals surface area contributed by atoms with E-state index in [-0.39, 0.29) is 5.69 Å². The first-order valence-electron chi connectivity index (χ1n) is 5.66. The Morgan fingerprint density at radius 2 is 2.11 bits per heavy atom. The summed E-state index contributed by atoms with van der Waals surface area (Å²) in [6, 6.07) is 5.18. The average Bonchev–Trinajstić information content (AvgIpc) is 2.39. The van der Waals surface area contributed by atoms with Crippen molar-refractivity contribution in [3.05, 3.63) is 33.4 Å². The summed E-state index contributed by atoms with van der Waals surface area (Å²) in [6.45, 7) is 4.24. The fourth-order valence-electron chi connectivity index (χ4n) is 2.09. The summed E-state index contributed by atoms with van der Waals surface area (Å²) in [5, 5.41) is 20.0. The van der Waals surface area contributed by atoms with Crippen LogP contribution in [0.3, 0.4) is 0 Å². The molecule has 0 aliphatic carbocycles. The van der Waals surface area contributed by atoms with Crippen LogP contribution in [0.15, 0.2) is 12.1 Å². The zero-order chi connectivity index (χ0) is 13.1. The molecular formula is C12H13N3O3. The van der Waals surface area contributed by atoms with Crippen LogP contribution < -0.4 is 4.90 Å². The monoisotopic (exact) mass is 247 g/mol. The minimum atomic E-state index is -0.459. The molecule has 0 spiro atoms. The highest BCUT2D eigenvalue weighted by atomic mass is 16.6. The molecule has 0 aromatic heterocycles. The Hall–Kier alpha value is -2.13. The SMILES string of the molecule is Cc1c([N+](=O)[O-])ccc(N2CCOCC2)c1C#N. The highest BCUT2D eigenvalue weighted by Gasteiger charge is 2.21. The molecule has 1 heterocycles. The van der Waals surface area contributed by atoms with Gasteiger partial charge in [-0.25, -0.2) is 0 Å². The maximum absolute atomic E-state index is 10.8. The van der Waals surface area contributed by atoms with Crippen LogP contribution in [-0.2, 0) is 4.74 Å². The number of nitrogens with zero attached hydrogens (tertiary/aromatic N) is 3. The molecule has 1 aromatic rings. The van der Waals surface area contributed by atoms with Crippen molar-refractivity contribution in [3.63, 3.8) is 0 Å². The van der Waals surface area contributed by atoms with Gasteiger partial charge in [0.1, 0.15) is 6.07 Å². The number of morpholine rings is 1. The predicted molar refractivity (Wildman–Crippen MR) is 65.6 cm³/mol. The lowest BCUT2D eigenvalue weighted by molar-refractivity contribution is -0.385. The summed E-state index contributed by atoms with van der Waals surface area (Å²) in [5.74, 6) is 0. The van der Waals surface area contributed by atoms with Crippen LogP contribution in [0.1, 0.15) is 11.1 Å². The van der Waals surface area contributed by atoms with Crippen LogP contribution in [0.25, 0.3) is 0 Å². The van der Waals surface area contributed by atoms with Gasteiger partial charge in [0.25, 0.3) is 5.69 Å². The average molecular weight is 247 g/mol. The van der Waals surface area contributed by atoms with Crippen LogP contribution in [0.5, 0.6) is 0 Å². The number of nitro benzene ring substituents is 1. The van der Waals surface area contributed by atoms with Crippen molar-refractivity contribution >= 4 is 11.4 Å². The number of nitriles is 1. The van der Waals surface area contributed by atoms with E-state index >= 15 is 0 Å². The Labute approximate surface area is 105 Å². The first-order chi connectivity index (χ1) is 8.65. The van der Waals surface area contributed by atoms with Crippen molar-refractivity contribution in [1.82, 2.24) is 0 Å². The third-order valence-electron chi connectivity index (χ3n) is 3.07. The Kier molecular flexibility index (Phi) is 3.44. The molecule has 1 fully saturated rings. The van der Waals surface area contributed by atoms with E-state index < -0.39 is 4.92 Å². The van der Waals surface area contributed by atoms with Crippen molar-refractivity contribution in [3.8, 4) is 6.07 Å². The molecule has 18 heavy (non-hydrogen) atoms. The molecule has 2 rings (SSSR count). The number of hydrogen-bond acceptors (Lipinski definition) is 5. The molecule has 0 radical (unpaired) electrons. The summed E-state index contributed by atoms with van der Waals surface area (Å²) in [7, 11) is 0. The van der Waals surface area contributed by atoms with Crippen LogP contribution in [-0.4, -0.2) is 31.2 Å². The van der Waals surface area contributed by atoms with Gasteiger partial charge >= 0.3 is 0 Å². The third-order valence-corrected chi connectivity index (χ3v) is 3.07. The number of benzene rings is 1. The van der Waals surface area contributed by atoms with E-state index in [2.05, 4.69) is 6.07 Å². The van der Waals surface area contributed by atoms with E-state index in [0.717, 1.165) is 5.69 Å². The van der Waals surface area contributed by atoms with Gasteiger partial charge in [0.15, 0.2) is 0 Å². The molecule has 0 saturated carbocycles. The first kappa shape index (κ1) is 12.3. The van der Waals surface area contributed by atoms with Gasteiger partial charge in [-0.05, 0) is 13.0 Å². The molecule has 0 unspecified atom stereocenters. The van der Waals surface area contributed by atoms with Gasteiger partial charge in [0, 0.05) is 24.7 Å². The number of rotatable bonds is 2. The summed E-state index contributed by atoms with van der Waals surface area (Å²) < 4.78 is 5.25. The maximum atomic E-state index is 10.8. The standard InChI is InChI=1S/C12H13N3O3/c1-9-10(8-13)12(3-2-11(9)15(16)17)14-4-6-18-7-5-14/h2-3H,4-7H2,1H3. The van der Waals surface area contributed by atoms with E-state index in [9.17, 15) is 15.4 Å². The van der Waals surface area contributed by atoms with Crippen molar-refractivity contribution in [2.24, 2.45) is 0 Å². The molecule has 1 aromatic carbocycles. The number of nitro groups is 1. The second-order valence-corrected chi connectivity index (χ2v) is 4.07. The van der Waals surface area contributed by atoms with Gasteiger partial charge in [-0.2, -0.15) is 5.26 Å². The maximum Gasteiger partial charge on any atom is 0.273 e. The van der Waals surface area contributed by atoms with Crippen molar-refractivity contribution in [2.75, 3.05) is 31.2 Å². The molecule has 1 aliphatic heterocycles. The molecule has 6 nitrogen and oxygen atoms in total. The molecular weight excluding hydrogens is 234 g/mol. The molecule has 0 amide bonds.